The van der Waals surface area contributed by atoms with E-state index >= 15 is 0 Å². The van der Waals surface area contributed by atoms with Gasteiger partial charge in [-0.25, -0.2) is 9.78 Å². The van der Waals surface area contributed by atoms with Crippen molar-refractivity contribution in [2.45, 2.75) is 58.3 Å². The van der Waals surface area contributed by atoms with E-state index in [0.717, 1.165) is 17.0 Å². The SMILES string of the molecule is C#CCN(Cc1ccc2nc(C)[nH]c(=O)c2c1)c1ccc(C(=O)N(CC)[C@@](CC)(CCC(=O)O)C(=O)O)c(C(F)(F)F)c1. The van der Waals surface area contributed by atoms with Crippen LogP contribution in [0.1, 0.15) is 60.4 Å². The van der Waals surface area contributed by atoms with Crippen molar-refractivity contribution in [1.29, 1.82) is 0 Å². The molecule has 0 saturated carbocycles. The summed E-state index contributed by atoms with van der Waals surface area (Å²) >= 11 is 0. The molecule has 43 heavy (non-hydrogen) atoms. The number of carbonyl (C=O) groups excluding carboxylic acids is 1. The molecule has 0 aliphatic rings. The van der Waals surface area contributed by atoms with Gasteiger partial charge in [0.25, 0.3) is 11.5 Å². The predicted molar refractivity (Wildman–Crippen MR) is 153 cm³/mol. The molecule has 1 aromatic heterocycles. The Labute approximate surface area is 245 Å². The van der Waals surface area contributed by atoms with E-state index in [1.165, 1.54) is 24.8 Å². The molecular formula is C30H31F3N4O6. The fourth-order valence-corrected chi connectivity index (χ4v) is 5.10. The molecule has 0 bridgehead atoms. The van der Waals surface area contributed by atoms with E-state index in [4.69, 9.17) is 11.5 Å². The Morgan fingerprint density at radius 3 is 2.35 bits per heavy atom. The molecule has 1 amide bonds. The molecule has 13 heteroatoms. The molecule has 0 aliphatic heterocycles. The zero-order valence-electron chi connectivity index (χ0n) is 23.8. The van der Waals surface area contributed by atoms with Gasteiger partial charge < -0.3 is 25.0 Å². The lowest BCUT2D eigenvalue weighted by Gasteiger charge is -2.40. The van der Waals surface area contributed by atoms with Crippen LogP contribution in [-0.4, -0.2) is 61.6 Å². The molecule has 10 nitrogen and oxygen atoms in total. The first kappa shape index (κ1) is 32.7. The third kappa shape index (κ3) is 6.97. The number of alkyl halides is 3. The molecule has 0 saturated heterocycles. The topological polar surface area (TPSA) is 144 Å². The van der Waals surface area contributed by atoms with Gasteiger partial charge in [0.15, 0.2) is 0 Å². The lowest BCUT2D eigenvalue weighted by atomic mass is 9.87. The number of fused-ring (bicyclic) bond motifs is 1. The molecule has 0 fully saturated rings. The number of nitrogens with one attached hydrogen (secondary N) is 1. The Morgan fingerprint density at radius 2 is 1.79 bits per heavy atom. The molecule has 3 rings (SSSR count). The van der Waals surface area contributed by atoms with Crippen molar-refractivity contribution in [2.75, 3.05) is 18.0 Å². The van der Waals surface area contributed by atoms with Crippen molar-refractivity contribution < 1.29 is 37.8 Å². The van der Waals surface area contributed by atoms with Crippen LogP contribution in [0.2, 0.25) is 0 Å². The summed E-state index contributed by atoms with van der Waals surface area (Å²) in [7, 11) is 0. The highest BCUT2D eigenvalue weighted by Crippen LogP contribution is 2.37. The van der Waals surface area contributed by atoms with E-state index in [-0.39, 0.29) is 37.3 Å². The number of carboxylic acid groups (broad SMARTS) is 2. The Bertz CT molecular complexity index is 1650. The van der Waals surface area contributed by atoms with E-state index in [9.17, 15) is 37.5 Å². The first-order chi connectivity index (χ1) is 20.2. The van der Waals surface area contributed by atoms with E-state index in [1.807, 2.05) is 0 Å². The van der Waals surface area contributed by atoms with Gasteiger partial charge in [0, 0.05) is 25.2 Å². The third-order valence-corrected chi connectivity index (χ3v) is 7.26. The summed E-state index contributed by atoms with van der Waals surface area (Å²) < 4.78 is 43.2. The number of aromatic nitrogens is 2. The van der Waals surface area contributed by atoms with Crippen LogP contribution < -0.4 is 10.5 Å². The molecule has 3 aromatic rings. The Balaban J connectivity index is 2.08. The van der Waals surface area contributed by atoms with Gasteiger partial charge in [-0.1, -0.05) is 18.9 Å². The molecule has 0 unspecified atom stereocenters. The van der Waals surface area contributed by atoms with Crippen molar-refractivity contribution >= 4 is 34.4 Å². The Kier molecular flexibility index (Phi) is 9.85. The molecule has 0 aliphatic carbocycles. The molecule has 0 spiro atoms. The lowest BCUT2D eigenvalue weighted by Crippen LogP contribution is -2.57. The summed E-state index contributed by atoms with van der Waals surface area (Å²) in [6.45, 7) is 4.10. The van der Waals surface area contributed by atoms with Crippen LogP contribution in [0.5, 0.6) is 0 Å². The number of aliphatic carboxylic acids is 2. The van der Waals surface area contributed by atoms with Crippen LogP contribution in [0, 0.1) is 19.3 Å². The summed E-state index contributed by atoms with van der Waals surface area (Å²) in [6.07, 6.45) is -0.823. The zero-order chi connectivity index (χ0) is 32.1. The summed E-state index contributed by atoms with van der Waals surface area (Å²) in [5.74, 6) is -1.19. The standard InChI is InChI=1S/C30H31F3N4O6/c1-5-14-36(17-19-8-11-24-22(15-19)26(40)35-18(4)34-24)20-9-10-21(23(16-20)30(31,32)33)27(41)37(7-3)29(6-2,28(42)43)13-12-25(38)39/h1,8-11,15-16H,6-7,12-14,17H2,2-4H3,(H,38,39)(H,42,43)(H,34,35,40)/t29-/m0/s1. The number of terminal acetylenes is 1. The van der Waals surface area contributed by atoms with Crippen molar-refractivity contribution in [2.24, 2.45) is 0 Å². The molecule has 0 radical (unpaired) electrons. The zero-order valence-corrected chi connectivity index (χ0v) is 23.8. The quantitative estimate of drug-likeness (QED) is 0.259. The van der Waals surface area contributed by atoms with Gasteiger partial charge in [-0.2, -0.15) is 13.2 Å². The number of aromatic amines is 1. The first-order valence-electron chi connectivity index (χ1n) is 13.3. The molecule has 228 valence electrons. The number of nitrogens with zero attached hydrogens (tertiary/aromatic N) is 3. The van der Waals surface area contributed by atoms with Gasteiger partial charge in [-0.05, 0) is 62.6 Å². The molecule has 1 heterocycles. The molecule has 3 N–H and O–H groups in total. The number of hydrogen-bond donors (Lipinski definition) is 3. The number of benzene rings is 2. The summed E-state index contributed by atoms with van der Waals surface area (Å²) in [5.41, 5.74) is -3.45. The summed E-state index contributed by atoms with van der Waals surface area (Å²) in [6, 6.07) is 7.87. The maximum atomic E-state index is 14.4. The van der Waals surface area contributed by atoms with Gasteiger partial charge >= 0.3 is 18.1 Å². The number of rotatable bonds is 12. The normalized spacial score (nSPS) is 12.8. The van der Waals surface area contributed by atoms with Crippen molar-refractivity contribution in [3.63, 3.8) is 0 Å². The summed E-state index contributed by atoms with van der Waals surface area (Å²) in [5, 5.41) is 19.4. The van der Waals surface area contributed by atoms with Crippen LogP contribution in [0.4, 0.5) is 18.9 Å². The van der Waals surface area contributed by atoms with Crippen LogP contribution in [-0.2, 0) is 22.3 Å². The maximum Gasteiger partial charge on any atom is 0.417 e. The van der Waals surface area contributed by atoms with Crippen LogP contribution in [0.15, 0.2) is 41.2 Å². The number of amides is 1. The van der Waals surface area contributed by atoms with E-state index in [1.54, 1.807) is 25.1 Å². The largest absolute Gasteiger partial charge is 0.481 e. The van der Waals surface area contributed by atoms with Crippen LogP contribution in [0.3, 0.4) is 0 Å². The van der Waals surface area contributed by atoms with Gasteiger partial charge in [0.05, 0.1) is 28.6 Å². The summed E-state index contributed by atoms with van der Waals surface area (Å²) in [4.78, 5) is 58.7. The number of carboxylic acids is 2. The van der Waals surface area contributed by atoms with E-state index in [0.29, 0.717) is 22.3 Å². The highest BCUT2D eigenvalue weighted by molar-refractivity contribution is 5.99. The number of carbonyl (C=O) groups is 3. The second-order valence-corrected chi connectivity index (χ2v) is 9.92. The van der Waals surface area contributed by atoms with Crippen LogP contribution in [0.25, 0.3) is 10.9 Å². The number of likely N-dealkylation sites (N-methyl/N-ethyl adjacent to an activating group) is 1. The highest BCUT2D eigenvalue weighted by Gasteiger charge is 2.46. The highest BCUT2D eigenvalue weighted by atomic mass is 19.4. The minimum Gasteiger partial charge on any atom is -0.481 e. The number of hydrogen-bond acceptors (Lipinski definition) is 6. The second-order valence-electron chi connectivity index (χ2n) is 9.92. The monoisotopic (exact) mass is 600 g/mol. The van der Waals surface area contributed by atoms with Gasteiger partial charge in [-0.3, -0.25) is 14.4 Å². The van der Waals surface area contributed by atoms with Gasteiger partial charge in [-0.15, -0.1) is 6.42 Å². The third-order valence-electron chi connectivity index (χ3n) is 7.26. The second kappa shape index (κ2) is 13.0. The fourth-order valence-electron chi connectivity index (χ4n) is 5.10. The maximum absolute atomic E-state index is 14.4. The minimum atomic E-state index is -5.01. The van der Waals surface area contributed by atoms with Crippen LogP contribution >= 0.6 is 0 Å². The van der Waals surface area contributed by atoms with Gasteiger partial charge in [0.2, 0.25) is 0 Å². The fraction of sp³-hybridized carbons (Fsp3) is 0.367. The number of anilines is 1. The Morgan fingerprint density at radius 1 is 1.09 bits per heavy atom. The van der Waals surface area contributed by atoms with E-state index in [2.05, 4.69) is 15.9 Å². The smallest absolute Gasteiger partial charge is 0.417 e. The average Bonchev–Trinajstić information content (AvgIpc) is 2.94. The van der Waals surface area contributed by atoms with Crippen molar-refractivity contribution in [3.8, 4) is 12.3 Å². The average molecular weight is 601 g/mol. The predicted octanol–water partition coefficient (Wildman–Crippen LogP) is 4.45. The molecule has 1 atom stereocenters. The first-order valence-corrected chi connectivity index (χ1v) is 13.3. The molecule has 2 aromatic carbocycles. The van der Waals surface area contributed by atoms with E-state index < -0.39 is 53.5 Å². The number of H-pyrrole nitrogens is 1. The lowest BCUT2D eigenvalue weighted by molar-refractivity contribution is -0.151. The van der Waals surface area contributed by atoms with Crippen molar-refractivity contribution in [3.05, 3.63) is 69.3 Å². The van der Waals surface area contributed by atoms with Crippen molar-refractivity contribution in [1.82, 2.24) is 14.9 Å². The number of aryl methyl sites for hydroxylation is 1. The minimum absolute atomic E-state index is 0.0201. The van der Waals surface area contributed by atoms with Gasteiger partial charge in [0.1, 0.15) is 11.4 Å². The molecular weight excluding hydrogens is 569 g/mol. The Hall–Kier alpha value is -4.86. The number of halogens is 3.